The van der Waals surface area contributed by atoms with Gasteiger partial charge in [0.2, 0.25) is 5.95 Å². The number of hydrogen-bond acceptors (Lipinski definition) is 4. The minimum absolute atomic E-state index is 0.195. The van der Waals surface area contributed by atoms with Crippen LogP contribution < -0.4 is 10.2 Å². The van der Waals surface area contributed by atoms with E-state index < -0.39 is 0 Å². The van der Waals surface area contributed by atoms with Crippen molar-refractivity contribution in [3.05, 3.63) is 82.7 Å². The highest BCUT2D eigenvalue weighted by atomic mass is 16.1. The molecule has 3 aromatic rings. The van der Waals surface area contributed by atoms with E-state index in [4.69, 9.17) is 0 Å². The van der Waals surface area contributed by atoms with Crippen molar-refractivity contribution in [2.75, 3.05) is 16.8 Å². The Hall–Kier alpha value is -3.21. The second kappa shape index (κ2) is 7.19. The Labute approximate surface area is 159 Å². The van der Waals surface area contributed by atoms with E-state index in [-0.39, 0.29) is 5.91 Å². The van der Waals surface area contributed by atoms with Gasteiger partial charge in [0.05, 0.1) is 5.56 Å². The Balaban J connectivity index is 1.48. The molecule has 0 saturated heterocycles. The lowest BCUT2D eigenvalue weighted by molar-refractivity contribution is 0.102. The summed E-state index contributed by atoms with van der Waals surface area (Å²) in [5.74, 6) is 0.465. The molecule has 1 N–H and O–H groups in total. The average Bonchev–Trinajstić information content (AvgIpc) is 2.70. The van der Waals surface area contributed by atoms with Crippen LogP contribution in [0.4, 0.5) is 11.6 Å². The van der Waals surface area contributed by atoms with Crippen molar-refractivity contribution in [2.24, 2.45) is 0 Å². The van der Waals surface area contributed by atoms with Crippen molar-refractivity contribution in [1.82, 2.24) is 9.97 Å². The van der Waals surface area contributed by atoms with Crippen molar-refractivity contribution in [3.8, 4) is 0 Å². The van der Waals surface area contributed by atoms with Gasteiger partial charge in [0.1, 0.15) is 0 Å². The molecule has 136 valence electrons. The predicted octanol–water partition coefficient (Wildman–Crippen LogP) is 3.91. The van der Waals surface area contributed by atoms with E-state index in [2.05, 4.69) is 44.5 Å². The third kappa shape index (κ3) is 3.67. The highest BCUT2D eigenvalue weighted by Crippen LogP contribution is 2.22. The van der Waals surface area contributed by atoms with Crippen LogP contribution in [-0.4, -0.2) is 22.4 Å². The Morgan fingerprint density at radius 1 is 1.04 bits per heavy atom. The molecule has 1 aliphatic heterocycles. The summed E-state index contributed by atoms with van der Waals surface area (Å²) in [6.45, 7) is 5.65. The SMILES string of the molecule is Cc1ccc(C)c(NC(=O)c2cnc(N3CCc4ccccc4C3)nc2)c1. The zero-order chi connectivity index (χ0) is 18.8. The number of carbonyl (C=O) groups is 1. The van der Waals surface area contributed by atoms with Gasteiger partial charge in [-0.2, -0.15) is 0 Å². The number of nitrogens with one attached hydrogen (secondary N) is 1. The number of nitrogens with zero attached hydrogens (tertiary/aromatic N) is 3. The first kappa shape index (κ1) is 17.2. The average molecular weight is 358 g/mol. The Kier molecular flexibility index (Phi) is 4.59. The maximum absolute atomic E-state index is 12.5. The van der Waals surface area contributed by atoms with E-state index in [0.29, 0.717) is 11.5 Å². The predicted molar refractivity (Wildman–Crippen MR) is 107 cm³/mol. The van der Waals surface area contributed by atoms with Gasteiger partial charge >= 0.3 is 0 Å². The molecule has 0 saturated carbocycles. The molecule has 5 heteroatoms. The van der Waals surface area contributed by atoms with Crippen LogP contribution in [0, 0.1) is 13.8 Å². The van der Waals surface area contributed by atoms with Crippen LogP contribution >= 0.6 is 0 Å². The van der Waals surface area contributed by atoms with E-state index in [0.717, 1.165) is 36.3 Å². The summed E-state index contributed by atoms with van der Waals surface area (Å²) in [6.07, 6.45) is 4.18. The molecule has 2 heterocycles. The molecule has 0 bridgehead atoms. The number of rotatable bonds is 3. The number of carbonyl (C=O) groups excluding carboxylic acids is 1. The normalized spacial score (nSPS) is 13.2. The van der Waals surface area contributed by atoms with Gasteiger partial charge in [-0.05, 0) is 48.6 Å². The first-order valence-corrected chi connectivity index (χ1v) is 9.12. The minimum atomic E-state index is -0.195. The van der Waals surface area contributed by atoms with E-state index in [1.807, 2.05) is 32.0 Å². The zero-order valence-corrected chi connectivity index (χ0v) is 15.6. The van der Waals surface area contributed by atoms with Crippen LogP contribution in [0.3, 0.4) is 0 Å². The van der Waals surface area contributed by atoms with E-state index in [1.54, 1.807) is 12.4 Å². The molecule has 1 amide bonds. The number of aryl methyl sites for hydroxylation is 2. The van der Waals surface area contributed by atoms with Crippen LogP contribution in [-0.2, 0) is 13.0 Å². The van der Waals surface area contributed by atoms with Crippen molar-refractivity contribution < 1.29 is 4.79 Å². The van der Waals surface area contributed by atoms with Crippen molar-refractivity contribution in [3.63, 3.8) is 0 Å². The molecule has 2 aromatic carbocycles. The molecule has 0 aliphatic carbocycles. The third-order valence-electron chi connectivity index (χ3n) is 4.96. The van der Waals surface area contributed by atoms with Gasteiger partial charge in [0.15, 0.2) is 0 Å². The quantitative estimate of drug-likeness (QED) is 0.771. The van der Waals surface area contributed by atoms with Crippen molar-refractivity contribution in [2.45, 2.75) is 26.8 Å². The number of fused-ring (bicyclic) bond motifs is 1. The molecule has 0 spiro atoms. The van der Waals surface area contributed by atoms with E-state index >= 15 is 0 Å². The molecule has 4 rings (SSSR count). The molecular formula is C22H22N4O. The van der Waals surface area contributed by atoms with Gasteiger partial charge < -0.3 is 10.2 Å². The molecule has 5 nitrogen and oxygen atoms in total. The third-order valence-corrected chi connectivity index (χ3v) is 4.96. The highest BCUT2D eigenvalue weighted by Gasteiger charge is 2.18. The maximum Gasteiger partial charge on any atom is 0.258 e. The summed E-state index contributed by atoms with van der Waals surface area (Å²) in [7, 11) is 0. The second-order valence-electron chi connectivity index (χ2n) is 6.98. The standard InChI is InChI=1S/C22H22N4O/c1-15-7-8-16(2)20(11-15)25-21(27)19-12-23-22(24-13-19)26-10-9-17-5-3-4-6-18(17)14-26/h3-8,11-13H,9-10,14H2,1-2H3,(H,25,27). The smallest absolute Gasteiger partial charge is 0.258 e. The maximum atomic E-state index is 12.5. The van der Waals surface area contributed by atoms with E-state index in [9.17, 15) is 4.79 Å². The Morgan fingerprint density at radius 2 is 1.78 bits per heavy atom. The molecule has 0 unspecified atom stereocenters. The lowest BCUT2D eigenvalue weighted by Crippen LogP contribution is -2.31. The molecule has 27 heavy (non-hydrogen) atoms. The molecule has 1 aliphatic rings. The highest BCUT2D eigenvalue weighted by molar-refractivity contribution is 6.04. The van der Waals surface area contributed by atoms with Crippen LogP contribution in [0.15, 0.2) is 54.9 Å². The van der Waals surface area contributed by atoms with Crippen molar-refractivity contribution >= 4 is 17.5 Å². The number of anilines is 2. The van der Waals surface area contributed by atoms with Crippen LogP contribution in [0.2, 0.25) is 0 Å². The molecule has 0 fully saturated rings. The first-order valence-electron chi connectivity index (χ1n) is 9.12. The number of amides is 1. The molecule has 0 radical (unpaired) electrons. The fourth-order valence-electron chi connectivity index (χ4n) is 3.33. The number of hydrogen-bond donors (Lipinski definition) is 1. The fraction of sp³-hybridized carbons (Fsp3) is 0.227. The first-order chi connectivity index (χ1) is 13.1. The topological polar surface area (TPSA) is 58.1 Å². The fourth-order valence-corrected chi connectivity index (χ4v) is 3.33. The Morgan fingerprint density at radius 3 is 2.56 bits per heavy atom. The summed E-state index contributed by atoms with van der Waals surface area (Å²) in [5, 5.41) is 2.95. The van der Waals surface area contributed by atoms with E-state index in [1.165, 1.54) is 11.1 Å². The largest absolute Gasteiger partial charge is 0.336 e. The molecular weight excluding hydrogens is 336 g/mol. The summed E-state index contributed by atoms with van der Waals surface area (Å²) in [5.41, 5.74) is 6.10. The Bertz CT molecular complexity index is 982. The van der Waals surface area contributed by atoms with Gasteiger partial charge in [-0.25, -0.2) is 9.97 Å². The van der Waals surface area contributed by atoms with Gasteiger partial charge in [-0.3, -0.25) is 4.79 Å². The number of aromatic nitrogens is 2. The molecule has 0 atom stereocenters. The van der Waals surface area contributed by atoms with Gasteiger partial charge in [-0.15, -0.1) is 0 Å². The number of benzene rings is 2. The van der Waals surface area contributed by atoms with Crippen LogP contribution in [0.5, 0.6) is 0 Å². The van der Waals surface area contributed by atoms with Gasteiger partial charge in [-0.1, -0.05) is 36.4 Å². The summed E-state index contributed by atoms with van der Waals surface area (Å²) < 4.78 is 0. The lowest BCUT2D eigenvalue weighted by Gasteiger charge is -2.28. The van der Waals surface area contributed by atoms with Crippen LogP contribution in [0.25, 0.3) is 0 Å². The van der Waals surface area contributed by atoms with Crippen molar-refractivity contribution in [1.29, 1.82) is 0 Å². The van der Waals surface area contributed by atoms with Crippen LogP contribution in [0.1, 0.15) is 32.6 Å². The minimum Gasteiger partial charge on any atom is -0.336 e. The zero-order valence-electron chi connectivity index (χ0n) is 15.6. The molecule has 1 aromatic heterocycles. The summed E-state index contributed by atoms with van der Waals surface area (Å²) >= 11 is 0. The second-order valence-corrected chi connectivity index (χ2v) is 6.98. The summed E-state index contributed by atoms with van der Waals surface area (Å²) in [6, 6.07) is 14.5. The monoisotopic (exact) mass is 358 g/mol. The lowest BCUT2D eigenvalue weighted by atomic mass is 10.0. The summed E-state index contributed by atoms with van der Waals surface area (Å²) in [4.78, 5) is 23.5. The van der Waals surface area contributed by atoms with Gasteiger partial charge in [0, 0.05) is 31.2 Å². The van der Waals surface area contributed by atoms with Gasteiger partial charge in [0.25, 0.3) is 5.91 Å².